The number of carbonyl (C=O) groups is 2. The fourth-order valence-corrected chi connectivity index (χ4v) is 2.44. The van der Waals surface area contributed by atoms with Crippen LogP contribution in [0.5, 0.6) is 0 Å². The SMILES string of the molecule is CC1(C)C(C(=O)O)C1C(=O)NCCc1cnc[nH]1. The average molecular weight is 251 g/mol. The molecular weight excluding hydrogens is 234 g/mol. The number of imidazole rings is 1. The average Bonchev–Trinajstić information content (AvgIpc) is 2.65. The van der Waals surface area contributed by atoms with Crippen molar-refractivity contribution in [3.63, 3.8) is 0 Å². The number of carboxylic acid groups (broad SMARTS) is 1. The molecule has 1 aromatic heterocycles. The monoisotopic (exact) mass is 251 g/mol. The second kappa shape index (κ2) is 4.44. The van der Waals surface area contributed by atoms with Crippen LogP contribution in [0.15, 0.2) is 12.5 Å². The van der Waals surface area contributed by atoms with Crippen molar-refractivity contribution in [1.29, 1.82) is 0 Å². The minimum Gasteiger partial charge on any atom is -0.481 e. The summed E-state index contributed by atoms with van der Waals surface area (Å²) < 4.78 is 0. The van der Waals surface area contributed by atoms with E-state index in [1.54, 1.807) is 12.5 Å². The quantitative estimate of drug-likeness (QED) is 0.707. The molecule has 0 spiro atoms. The molecule has 0 bridgehead atoms. The van der Waals surface area contributed by atoms with Gasteiger partial charge < -0.3 is 15.4 Å². The number of H-pyrrole nitrogens is 1. The Morgan fingerprint density at radius 1 is 1.50 bits per heavy atom. The summed E-state index contributed by atoms with van der Waals surface area (Å²) in [6, 6.07) is 0. The molecule has 0 aromatic carbocycles. The van der Waals surface area contributed by atoms with E-state index in [0.717, 1.165) is 5.69 Å². The van der Waals surface area contributed by atoms with Gasteiger partial charge in [-0.05, 0) is 5.41 Å². The van der Waals surface area contributed by atoms with Gasteiger partial charge in [0.2, 0.25) is 5.91 Å². The van der Waals surface area contributed by atoms with Crippen LogP contribution >= 0.6 is 0 Å². The summed E-state index contributed by atoms with van der Waals surface area (Å²) in [5.74, 6) is -2.05. The zero-order valence-electron chi connectivity index (χ0n) is 10.4. The van der Waals surface area contributed by atoms with Crippen molar-refractivity contribution in [2.45, 2.75) is 20.3 Å². The Bertz CT molecular complexity index is 453. The van der Waals surface area contributed by atoms with Crippen LogP contribution in [0, 0.1) is 17.3 Å². The number of nitrogens with one attached hydrogen (secondary N) is 2. The van der Waals surface area contributed by atoms with Crippen molar-refractivity contribution in [2.24, 2.45) is 17.3 Å². The van der Waals surface area contributed by atoms with Gasteiger partial charge in [0.25, 0.3) is 0 Å². The van der Waals surface area contributed by atoms with Gasteiger partial charge >= 0.3 is 5.97 Å². The van der Waals surface area contributed by atoms with Crippen LogP contribution in [0.2, 0.25) is 0 Å². The van der Waals surface area contributed by atoms with E-state index in [1.807, 2.05) is 13.8 Å². The van der Waals surface area contributed by atoms with Gasteiger partial charge in [0.15, 0.2) is 0 Å². The number of aliphatic carboxylic acids is 1. The molecule has 6 heteroatoms. The molecule has 1 amide bonds. The number of aromatic nitrogens is 2. The molecule has 0 radical (unpaired) electrons. The summed E-state index contributed by atoms with van der Waals surface area (Å²) in [6.45, 7) is 4.11. The molecular formula is C12H17N3O3. The predicted molar refractivity (Wildman–Crippen MR) is 63.7 cm³/mol. The van der Waals surface area contributed by atoms with E-state index >= 15 is 0 Å². The number of amides is 1. The van der Waals surface area contributed by atoms with E-state index in [9.17, 15) is 9.59 Å². The van der Waals surface area contributed by atoms with Crippen LogP contribution in [-0.4, -0.2) is 33.5 Å². The third-order valence-electron chi connectivity index (χ3n) is 3.62. The first-order valence-electron chi connectivity index (χ1n) is 5.92. The van der Waals surface area contributed by atoms with Gasteiger partial charge in [-0.1, -0.05) is 13.8 Å². The molecule has 1 heterocycles. The maximum absolute atomic E-state index is 11.9. The van der Waals surface area contributed by atoms with Crippen molar-refractivity contribution in [3.8, 4) is 0 Å². The summed E-state index contributed by atoms with van der Waals surface area (Å²) in [5, 5.41) is 11.8. The Morgan fingerprint density at radius 3 is 2.72 bits per heavy atom. The Morgan fingerprint density at radius 2 is 2.22 bits per heavy atom. The molecule has 1 saturated carbocycles. The molecule has 98 valence electrons. The molecule has 0 aliphatic heterocycles. The molecule has 2 rings (SSSR count). The summed E-state index contributed by atoms with van der Waals surface area (Å²) >= 11 is 0. The summed E-state index contributed by atoms with van der Waals surface area (Å²) in [6.07, 6.45) is 3.95. The molecule has 6 nitrogen and oxygen atoms in total. The maximum Gasteiger partial charge on any atom is 0.307 e. The van der Waals surface area contributed by atoms with E-state index in [-0.39, 0.29) is 5.91 Å². The highest BCUT2D eigenvalue weighted by Gasteiger charge is 2.65. The van der Waals surface area contributed by atoms with Crippen molar-refractivity contribution >= 4 is 11.9 Å². The highest BCUT2D eigenvalue weighted by molar-refractivity contribution is 5.91. The standard InChI is InChI=1S/C12H17N3O3/c1-12(2)8(9(12)11(17)18)10(16)14-4-3-7-5-13-6-15-7/h5-6,8-9H,3-4H2,1-2H3,(H,13,15)(H,14,16)(H,17,18). The topological polar surface area (TPSA) is 95.1 Å². The lowest BCUT2D eigenvalue weighted by atomic mass is 10.1. The van der Waals surface area contributed by atoms with Crippen LogP contribution in [0.1, 0.15) is 19.5 Å². The van der Waals surface area contributed by atoms with Crippen molar-refractivity contribution in [1.82, 2.24) is 15.3 Å². The lowest BCUT2D eigenvalue weighted by Crippen LogP contribution is -2.29. The van der Waals surface area contributed by atoms with Gasteiger partial charge in [-0.2, -0.15) is 0 Å². The maximum atomic E-state index is 11.9. The van der Waals surface area contributed by atoms with Crippen LogP contribution in [0.4, 0.5) is 0 Å². The molecule has 1 fully saturated rings. The fraction of sp³-hybridized carbons (Fsp3) is 0.583. The normalized spacial score (nSPS) is 24.6. The lowest BCUT2D eigenvalue weighted by molar-refractivity contribution is -0.140. The summed E-state index contributed by atoms with van der Waals surface area (Å²) in [7, 11) is 0. The van der Waals surface area contributed by atoms with E-state index in [2.05, 4.69) is 15.3 Å². The zero-order chi connectivity index (χ0) is 13.3. The highest BCUT2D eigenvalue weighted by atomic mass is 16.4. The Hall–Kier alpha value is -1.85. The van der Waals surface area contributed by atoms with Gasteiger partial charge in [0.05, 0.1) is 18.2 Å². The lowest BCUT2D eigenvalue weighted by Gasteiger charge is -2.04. The molecule has 1 aliphatic carbocycles. The third kappa shape index (κ3) is 2.23. The molecule has 1 aliphatic rings. The largest absolute Gasteiger partial charge is 0.481 e. The summed E-state index contributed by atoms with van der Waals surface area (Å²) in [5.41, 5.74) is 0.504. The second-order valence-electron chi connectivity index (χ2n) is 5.23. The van der Waals surface area contributed by atoms with Crippen LogP contribution in [-0.2, 0) is 16.0 Å². The third-order valence-corrected chi connectivity index (χ3v) is 3.62. The highest BCUT2D eigenvalue weighted by Crippen LogP contribution is 2.58. The number of carbonyl (C=O) groups excluding carboxylic acids is 1. The molecule has 2 unspecified atom stereocenters. The van der Waals surface area contributed by atoms with Crippen LogP contribution in [0.3, 0.4) is 0 Å². The Labute approximate surface area is 105 Å². The van der Waals surface area contributed by atoms with Crippen LogP contribution < -0.4 is 5.32 Å². The van der Waals surface area contributed by atoms with E-state index in [4.69, 9.17) is 5.11 Å². The minimum absolute atomic E-state index is 0.174. The smallest absolute Gasteiger partial charge is 0.307 e. The molecule has 1 aromatic rings. The fourth-order valence-electron chi connectivity index (χ4n) is 2.44. The number of nitrogens with zero attached hydrogens (tertiary/aromatic N) is 1. The number of hydrogen-bond acceptors (Lipinski definition) is 3. The van der Waals surface area contributed by atoms with Crippen molar-refractivity contribution in [2.75, 3.05) is 6.54 Å². The van der Waals surface area contributed by atoms with E-state index < -0.39 is 23.2 Å². The van der Waals surface area contributed by atoms with Crippen molar-refractivity contribution in [3.05, 3.63) is 18.2 Å². The minimum atomic E-state index is -0.895. The first-order valence-corrected chi connectivity index (χ1v) is 5.92. The van der Waals surface area contributed by atoms with Gasteiger partial charge in [-0.15, -0.1) is 0 Å². The van der Waals surface area contributed by atoms with Gasteiger partial charge in [-0.25, -0.2) is 4.98 Å². The predicted octanol–water partition coefficient (Wildman–Crippen LogP) is 0.425. The number of hydrogen-bond donors (Lipinski definition) is 3. The first-order chi connectivity index (χ1) is 8.44. The van der Waals surface area contributed by atoms with Crippen LogP contribution in [0.25, 0.3) is 0 Å². The van der Waals surface area contributed by atoms with E-state index in [0.29, 0.717) is 13.0 Å². The molecule has 18 heavy (non-hydrogen) atoms. The second-order valence-corrected chi connectivity index (χ2v) is 5.23. The zero-order valence-corrected chi connectivity index (χ0v) is 10.4. The van der Waals surface area contributed by atoms with Gasteiger partial charge in [0.1, 0.15) is 0 Å². The Balaban J connectivity index is 1.81. The number of rotatable bonds is 5. The summed E-state index contributed by atoms with van der Waals surface area (Å²) in [4.78, 5) is 29.6. The van der Waals surface area contributed by atoms with Gasteiger partial charge in [-0.3, -0.25) is 9.59 Å². The molecule has 3 N–H and O–H groups in total. The number of aromatic amines is 1. The molecule has 0 saturated heterocycles. The van der Waals surface area contributed by atoms with Gasteiger partial charge in [0, 0.05) is 24.9 Å². The van der Waals surface area contributed by atoms with E-state index in [1.165, 1.54) is 0 Å². The van der Waals surface area contributed by atoms with Crippen molar-refractivity contribution < 1.29 is 14.7 Å². The number of carboxylic acids is 1. The first kappa shape index (κ1) is 12.6. The Kier molecular flexibility index (Phi) is 3.11. The molecule has 2 atom stereocenters.